The van der Waals surface area contributed by atoms with Gasteiger partial charge in [-0.3, -0.25) is 4.79 Å². The molecule has 0 aliphatic heterocycles. The predicted molar refractivity (Wildman–Crippen MR) is 96.7 cm³/mol. The summed E-state index contributed by atoms with van der Waals surface area (Å²) in [5, 5.41) is 3.35. The SMILES string of the molecule is Cc1c(C(=O)O[C@H](C(=O)NC2CC2)c2ccccc2)oc2c(F)cccc12. The van der Waals surface area contributed by atoms with Crippen LogP contribution in [0.2, 0.25) is 0 Å². The van der Waals surface area contributed by atoms with E-state index in [9.17, 15) is 14.0 Å². The number of furan rings is 1. The van der Waals surface area contributed by atoms with Gasteiger partial charge in [-0.2, -0.15) is 0 Å². The number of ether oxygens (including phenoxy) is 1. The molecule has 1 aliphatic carbocycles. The molecule has 1 aromatic heterocycles. The van der Waals surface area contributed by atoms with Crippen molar-refractivity contribution in [3.63, 3.8) is 0 Å². The first-order valence-electron chi connectivity index (χ1n) is 8.78. The number of esters is 1. The summed E-state index contributed by atoms with van der Waals surface area (Å²) in [6.45, 7) is 1.66. The summed E-state index contributed by atoms with van der Waals surface area (Å²) >= 11 is 0. The van der Waals surface area contributed by atoms with E-state index in [4.69, 9.17) is 9.15 Å². The molecule has 1 aliphatic rings. The number of hydrogen-bond donors (Lipinski definition) is 1. The largest absolute Gasteiger partial charge is 0.446 e. The van der Waals surface area contributed by atoms with Crippen molar-refractivity contribution >= 4 is 22.8 Å². The molecule has 4 rings (SSSR count). The second kappa shape index (κ2) is 6.87. The second-order valence-electron chi connectivity index (χ2n) is 6.65. The third-order valence-electron chi connectivity index (χ3n) is 4.59. The molecule has 0 saturated heterocycles. The van der Waals surface area contributed by atoms with Gasteiger partial charge in [0.25, 0.3) is 5.91 Å². The average Bonchev–Trinajstić information content (AvgIpc) is 3.42. The van der Waals surface area contributed by atoms with E-state index in [1.165, 1.54) is 6.07 Å². The molecule has 3 aromatic rings. The molecular weight excluding hydrogens is 349 g/mol. The van der Waals surface area contributed by atoms with Crippen molar-refractivity contribution in [1.29, 1.82) is 0 Å². The van der Waals surface area contributed by atoms with Crippen molar-refractivity contribution in [2.45, 2.75) is 31.9 Å². The van der Waals surface area contributed by atoms with Crippen molar-refractivity contribution in [3.05, 3.63) is 71.2 Å². The first kappa shape index (κ1) is 17.3. The number of carbonyl (C=O) groups is 2. The van der Waals surface area contributed by atoms with Gasteiger partial charge < -0.3 is 14.5 Å². The highest BCUT2D eigenvalue weighted by Crippen LogP contribution is 2.30. The Morgan fingerprint density at radius 1 is 1.15 bits per heavy atom. The van der Waals surface area contributed by atoms with Crippen molar-refractivity contribution in [1.82, 2.24) is 5.32 Å². The standard InChI is InChI=1S/C21H18FNO4/c1-12-15-8-5-9-16(22)19(15)26-17(12)21(25)27-18(13-6-3-2-4-7-13)20(24)23-14-10-11-14/h2-9,14,18H,10-11H2,1H3,(H,23,24)/t18-/m0/s1. The number of hydrogen-bond acceptors (Lipinski definition) is 4. The van der Waals surface area contributed by atoms with Crippen LogP contribution >= 0.6 is 0 Å². The van der Waals surface area contributed by atoms with Crippen LogP contribution in [-0.2, 0) is 9.53 Å². The Bertz CT molecular complexity index is 1010. The third kappa shape index (κ3) is 3.43. The number of carbonyl (C=O) groups excluding carboxylic acids is 2. The molecule has 2 aromatic carbocycles. The Labute approximate surface area is 155 Å². The maximum Gasteiger partial charge on any atom is 0.375 e. The maximum absolute atomic E-state index is 13.9. The summed E-state index contributed by atoms with van der Waals surface area (Å²) in [7, 11) is 0. The molecule has 0 spiro atoms. The number of rotatable bonds is 5. The van der Waals surface area contributed by atoms with Gasteiger partial charge in [0.2, 0.25) is 11.9 Å². The molecule has 5 nitrogen and oxygen atoms in total. The van der Waals surface area contributed by atoms with Gasteiger partial charge >= 0.3 is 5.97 Å². The highest BCUT2D eigenvalue weighted by atomic mass is 19.1. The van der Waals surface area contributed by atoms with Crippen LogP contribution in [-0.4, -0.2) is 17.9 Å². The Hall–Kier alpha value is -3.15. The predicted octanol–water partition coefficient (Wildman–Crippen LogP) is 4.06. The zero-order valence-corrected chi connectivity index (χ0v) is 14.7. The first-order chi connectivity index (χ1) is 13.0. The maximum atomic E-state index is 13.9. The van der Waals surface area contributed by atoms with Crippen molar-refractivity contribution < 1.29 is 23.1 Å². The van der Waals surface area contributed by atoms with Crippen LogP contribution in [0, 0.1) is 12.7 Å². The van der Waals surface area contributed by atoms with Gasteiger partial charge in [-0.1, -0.05) is 42.5 Å². The van der Waals surface area contributed by atoms with E-state index in [0.717, 1.165) is 12.8 Å². The summed E-state index contributed by atoms with van der Waals surface area (Å²) in [5.41, 5.74) is 1.04. The van der Waals surface area contributed by atoms with Gasteiger partial charge in [-0.05, 0) is 25.8 Å². The van der Waals surface area contributed by atoms with Crippen LogP contribution in [0.5, 0.6) is 0 Å². The number of halogens is 1. The van der Waals surface area contributed by atoms with Crippen LogP contribution in [0.1, 0.15) is 40.6 Å². The van der Waals surface area contributed by atoms with E-state index >= 15 is 0 Å². The summed E-state index contributed by atoms with van der Waals surface area (Å²) < 4.78 is 24.9. The van der Waals surface area contributed by atoms with Crippen LogP contribution < -0.4 is 5.32 Å². The number of aryl methyl sites for hydroxylation is 1. The van der Waals surface area contributed by atoms with Gasteiger partial charge in [0.15, 0.2) is 11.4 Å². The minimum Gasteiger partial charge on any atom is -0.446 e. The van der Waals surface area contributed by atoms with Gasteiger partial charge in [-0.25, -0.2) is 9.18 Å². The Balaban J connectivity index is 1.64. The van der Waals surface area contributed by atoms with Gasteiger partial charge in [-0.15, -0.1) is 0 Å². The van der Waals surface area contributed by atoms with Crippen LogP contribution in [0.4, 0.5) is 4.39 Å². The Kier molecular flexibility index (Phi) is 4.39. The van der Waals surface area contributed by atoms with Crippen LogP contribution in [0.25, 0.3) is 11.0 Å². The molecule has 1 atom stereocenters. The second-order valence-corrected chi connectivity index (χ2v) is 6.65. The van der Waals surface area contributed by atoms with E-state index in [0.29, 0.717) is 16.5 Å². The fraction of sp³-hybridized carbons (Fsp3) is 0.238. The van der Waals surface area contributed by atoms with E-state index in [-0.39, 0.29) is 23.3 Å². The monoisotopic (exact) mass is 367 g/mol. The molecule has 0 radical (unpaired) electrons. The first-order valence-corrected chi connectivity index (χ1v) is 8.78. The summed E-state index contributed by atoms with van der Waals surface area (Å²) in [6.07, 6.45) is 0.739. The van der Waals surface area contributed by atoms with Crippen molar-refractivity contribution in [2.24, 2.45) is 0 Å². The highest BCUT2D eigenvalue weighted by molar-refractivity contribution is 5.97. The lowest BCUT2D eigenvalue weighted by atomic mass is 10.1. The van der Waals surface area contributed by atoms with Gasteiger partial charge in [0, 0.05) is 22.6 Å². The normalized spacial score (nSPS) is 14.7. The Morgan fingerprint density at radius 2 is 1.89 bits per heavy atom. The summed E-state index contributed by atoms with van der Waals surface area (Å²) in [4.78, 5) is 25.3. The van der Waals surface area contributed by atoms with E-state index in [2.05, 4.69) is 5.32 Å². The molecule has 1 fully saturated rings. The van der Waals surface area contributed by atoms with Crippen molar-refractivity contribution in [2.75, 3.05) is 0 Å². The van der Waals surface area contributed by atoms with Crippen LogP contribution in [0.15, 0.2) is 52.9 Å². The van der Waals surface area contributed by atoms with Crippen LogP contribution in [0.3, 0.4) is 0 Å². The molecule has 1 heterocycles. The van der Waals surface area contributed by atoms with E-state index < -0.39 is 17.9 Å². The summed E-state index contributed by atoms with van der Waals surface area (Å²) in [5.74, 6) is -1.84. The fourth-order valence-corrected chi connectivity index (χ4v) is 2.97. The van der Waals surface area contributed by atoms with Gasteiger partial charge in [0.05, 0.1) is 0 Å². The molecule has 0 unspecified atom stereocenters. The average molecular weight is 367 g/mol. The molecule has 1 N–H and O–H groups in total. The fourth-order valence-electron chi connectivity index (χ4n) is 2.97. The smallest absolute Gasteiger partial charge is 0.375 e. The minimum atomic E-state index is -1.10. The van der Waals surface area contributed by atoms with Crippen molar-refractivity contribution in [3.8, 4) is 0 Å². The zero-order chi connectivity index (χ0) is 19.0. The van der Waals surface area contributed by atoms with E-state index in [1.54, 1.807) is 43.3 Å². The highest BCUT2D eigenvalue weighted by Gasteiger charge is 2.32. The zero-order valence-electron chi connectivity index (χ0n) is 14.7. The number of nitrogens with one attached hydrogen (secondary N) is 1. The summed E-state index contributed by atoms with van der Waals surface area (Å²) in [6, 6.07) is 13.4. The lowest BCUT2D eigenvalue weighted by molar-refractivity contribution is -0.130. The molecule has 138 valence electrons. The van der Waals surface area contributed by atoms with E-state index in [1.807, 2.05) is 6.07 Å². The number of amides is 1. The number of fused-ring (bicyclic) bond motifs is 1. The molecule has 27 heavy (non-hydrogen) atoms. The van der Waals surface area contributed by atoms with Gasteiger partial charge in [0.1, 0.15) is 0 Å². The molecule has 1 amide bonds. The Morgan fingerprint density at radius 3 is 2.56 bits per heavy atom. The molecular formula is C21H18FNO4. The minimum absolute atomic E-state index is 0.000595. The quantitative estimate of drug-likeness (QED) is 0.691. The lowest BCUT2D eigenvalue weighted by Crippen LogP contribution is -2.33. The number of para-hydroxylation sites is 1. The number of benzene rings is 2. The topological polar surface area (TPSA) is 68.5 Å². The molecule has 0 bridgehead atoms. The third-order valence-corrected chi connectivity index (χ3v) is 4.59. The lowest BCUT2D eigenvalue weighted by Gasteiger charge is -2.17. The molecule has 6 heteroatoms. The molecule has 1 saturated carbocycles.